The van der Waals surface area contributed by atoms with Crippen molar-refractivity contribution in [2.75, 3.05) is 24.5 Å². The van der Waals surface area contributed by atoms with Gasteiger partial charge in [-0.1, -0.05) is 63.2 Å². The van der Waals surface area contributed by atoms with Crippen LogP contribution in [0.5, 0.6) is 0 Å². The van der Waals surface area contributed by atoms with Crippen molar-refractivity contribution in [3.05, 3.63) is 65.2 Å². The van der Waals surface area contributed by atoms with Crippen LogP contribution >= 0.6 is 0 Å². The van der Waals surface area contributed by atoms with E-state index >= 15 is 0 Å². The van der Waals surface area contributed by atoms with Gasteiger partial charge in [0.05, 0.1) is 6.54 Å². The monoisotopic (exact) mass is 379 g/mol. The fraction of sp³-hybridized carbons (Fsp3) is 0.391. The van der Waals surface area contributed by atoms with Gasteiger partial charge in [0.15, 0.2) is 0 Å². The molecule has 0 aromatic heterocycles. The van der Waals surface area contributed by atoms with Crippen LogP contribution in [0.25, 0.3) is 0 Å². The molecule has 3 amide bonds. The summed E-state index contributed by atoms with van der Waals surface area (Å²) in [6, 6.07) is 16.1. The molecule has 0 saturated carbocycles. The van der Waals surface area contributed by atoms with E-state index in [2.05, 4.69) is 55.7 Å². The van der Waals surface area contributed by atoms with Crippen LogP contribution in [0.1, 0.15) is 37.5 Å². The lowest BCUT2D eigenvalue weighted by Crippen LogP contribution is -2.43. The van der Waals surface area contributed by atoms with Gasteiger partial charge in [0, 0.05) is 18.8 Å². The van der Waals surface area contributed by atoms with Gasteiger partial charge in [-0.15, -0.1) is 0 Å². The minimum Gasteiger partial charge on any atom is -0.338 e. The quantitative estimate of drug-likeness (QED) is 0.836. The van der Waals surface area contributed by atoms with Crippen molar-refractivity contribution >= 4 is 17.6 Å². The highest BCUT2D eigenvalue weighted by Gasteiger charge is 2.24. The maximum absolute atomic E-state index is 12.4. The van der Waals surface area contributed by atoms with Gasteiger partial charge in [0.1, 0.15) is 0 Å². The summed E-state index contributed by atoms with van der Waals surface area (Å²) in [5.41, 5.74) is 4.74. The number of carbonyl (C=O) groups is 2. The first-order valence-corrected chi connectivity index (χ1v) is 9.84. The van der Waals surface area contributed by atoms with Gasteiger partial charge in [0.25, 0.3) is 0 Å². The molecule has 2 aromatic rings. The molecule has 5 heteroatoms. The van der Waals surface area contributed by atoms with Crippen molar-refractivity contribution in [3.63, 3.8) is 0 Å². The van der Waals surface area contributed by atoms with Gasteiger partial charge < -0.3 is 15.5 Å². The predicted octanol–water partition coefficient (Wildman–Crippen LogP) is 3.42. The normalized spacial score (nSPS) is 13.2. The van der Waals surface area contributed by atoms with Crippen LogP contribution in [0.2, 0.25) is 0 Å². The largest absolute Gasteiger partial charge is 0.338 e. The van der Waals surface area contributed by atoms with Gasteiger partial charge in [-0.3, -0.25) is 4.79 Å². The zero-order chi connectivity index (χ0) is 20.1. The molecule has 2 N–H and O–H groups in total. The van der Waals surface area contributed by atoms with E-state index in [0.29, 0.717) is 13.1 Å². The maximum atomic E-state index is 12.4. The van der Waals surface area contributed by atoms with E-state index in [0.717, 1.165) is 18.5 Å². The number of benzene rings is 2. The van der Waals surface area contributed by atoms with Crippen LogP contribution in [-0.4, -0.2) is 31.6 Å². The Morgan fingerprint density at radius 2 is 1.71 bits per heavy atom. The smallest absolute Gasteiger partial charge is 0.315 e. The molecule has 1 heterocycles. The molecule has 1 aliphatic heterocycles. The molecule has 0 bridgehead atoms. The average Bonchev–Trinajstić information content (AvgIpc) is 3.10. The molecule has 0 fully saturated rings. The molecule has 1 aliphatic rings. The highest BCUT2D eigenvalue weighted by atomic mass is 16.2. The Kier molecular flexibility index (Phi) is 6.02. The predicted molar refractivity (Wildman–Crippen MR) is 113 cm³/mol. The molecule has 0 unspecified atom stereocenters. The Balaban J connectivity index is 1.40. The fourth-order valence-electron chi connectivity index (χ4n) is 3.40. The molecule has 0 atom stereocenters. The molecular weight excluding hydrogens is 350 g/mol. The van der Waals surface area contributed by atoms with Gasteiger partial charge in [-0.25, -0.2) is 4.79 Å². The first-order valence-electron chi connectivity index (χ1n) is 9.84. The summed E-state index contributed by atoms with van der Waals surface area (Å²) >= 11 is 0. The van der Waals surface area contributed by atoms with Crippen molar-refractivity contribution in [3.8, 4) is 0 Å². The summed E-state index contributed by atoms with van der Waals surface area (Å²) in [6.07, 6.45) is 1.62. The summed E-state index contributed by atoms with van der Waals surface area (Å²) in [7, 11) is 0. The van der Waals surface area contributed by atoms with Crippen molar-refractivity contribution in [2.45, 2.75) is 39.0 Å². The van der Waals surface area contributed by atoms with Crippen molar-refractivity contribution < 1.29 is 9.59 Å². The van der Waals surface area contributed by atoms with Crippen LogP contribution in [0, 0.1) is 0 Å². The lowest BCUT2D eigenvalue weighted by molar-refractivity contribution is -0.117. The topological polar surface area (TPSA) is 61.4 Å². The first-order chi connectivity index (χ1) is 13.3. The first kappa shape index (κ1) is 19.9. The number of fused-ring (bicyclic) bond motifs is 1. The average molecular weight is 380 g/mol. The lowest BCUT2D eigenvalue weighted by Gasteiger charge is -2.19. The summed E-state index contributed by atoms with van der Waals surface area (Å²) in [5.74, 6) is -0.0853. The Hall–Kier alpha value is -2.82. The van der Waals surface area contributed by atoms with Crippen molar-refractivity contribution in [1.82, 2.24) is 10.6 Å². The number of para-hydroxylation sites is 1. The zero-order valence-corrected chi connectivity index (χ0v) is 16.9. The number of amides is 3. The Bertz CT molecular complexity index is 838. The molecule has 148 valence electrons. The van der Waals surface area contributed by atoms with E-state index < -0.39 is 0 Å². The van der Waals surface area contributed by atoms with Crippen LogP contribution in [0.4, 0.5) is 10.5 Å². The van der Waals surface area contributed by atoms with E-state index in [1.54, 1.807) is 4.90 Å². The highest BCUT2D eigenvalue weighted by Crippen LogP contribution is 2.27. The summed E-state index contributed by atoms with van der Waals surface area (Å²) in [4.78, 5) is 26.1. The minimum absolute atomic E-state index is 0.000444. The second-order valence-corrected chi connectivity index (χ2v) is 8.23. The number of urea groups is 1. The maximum Gasteiger partial charge on any atom is 0.315 e. The second kappa shape index (κ2) is 8.46. The molecule has 0 spiro atoms. The number of anilines is 1. The number of rotatable bonds is 5. The van der Waals surface area contributed by atoms with Gasteiger partial charge in [-0.2, -0.15) is 0 Å². The SMILES string of the molecule is CC(C)(C)c1ccc(CCNC(=O)NCC(=O)N2CCc3ccccc32)cc1. The molecule has 0 aliphatic carbocycles. The number of nitrogens with one attached hydrogen (secondary N) is 2. The third kappa shape index (κ3) is 4.91. The van der Waals surface area contributed by atoms with E-state index in [1.807, 2.05) is 24.3 Å². The Labute approximate surface area is 167 Å². The Morgan fingerprint density at radius 1 is 1.00 bits per heavy atom. The molecule has 0 saturated heterocycles. The molecule has 0 radical (unpaired) electrons. The van der Waals surface area contributed by atoms with Gasteiger partial charge >= 0.3 is 6.03 Å². The lowest BCUT2D eigenvalue weighted by atomic mass is 9.86. The van der Waals surface area contributed by atoms with Gasteiger partial charge in [-0.05, 0) is 41.0 Å². The summed E-state index contributed by atoms with van der Waals surface area (Å²) in [6.45, 7) is 7.77. The minimum atomic E-state index is -0.313. The number of hydrogen-bond acceptors (Lipinski definition) is 2. The third-order valence-corrected chi connectivity index (χ3v) is 5.11. The summed E-state index contributed by atoms with van der Waals surface area (Å²) < 4.78 is 0. The molecule has 28 heavy (non-hydrogen) atoms. The van der Waals surface area contributed by atoms with E-state index in [-0.39, 0.29) is 23.9 Å². The van der Waals surface area contributed by atoms with E-state index in [4.69, 9.17) is 0 Å². The van der Waals surface area contributed by atoms with Crippen LogP contribution < -0.4 is 15.5 Å². The highest BCUT2D eigenvalue weighted by molar-refractivity contribution is 5.98. The zero-order valence-electron chi connectivity index (χ0n) is 16.9. The van der Waals surface area contributed by atoms with Gasteiger partial charge in [0.2, 0.25) is 5.91 Å². The molecular formula is C23H29N3O2. The standard InChI is InChI=1S/C23H29N3O2/c1-23(2,3)19-10-8-17(9-11-19)12-14-24-22(28)25-16-21(27)26-15-13-18-6-4-5-7-20(18)26/h4-11H,12-16H2,1-3H3,(H2,24,25,28). The molecule has 5 nitrogen and oxygen atoms in total. The number of hydrogen-bond donors (Lipinski definition) is 2. The third-order valence-electron chi connectivity index (χ3n) is 5.11. The van der Waals surface area contributed by atoms with Crippen LogP contribution in [0.15, 0.2) is 48.5 Å². The Morgan fingerprint density at radius 3 is 2.43 bits per heavy atom. The van der Waals surface area contributed by atoms with Crippen LogP contribution in [0.3, 0.4) is 0 Å². The van der Waals surface area contributed by atoms with E-state index in [9.17, 15) is 9.59 Å². The molecule has 3 rings (SSSR count). The summed E-state index contributed by atoms with van der Waals surface area (Å²) in [5, 5.41) is 5.48. The van der Waals surface area contributed by atoms with Crippen molar-refractivity contribution in [2.24, 2.45) is 0 Å². The number of carbonyl (C=O) groups excluding carboxylic acids is 2. The fourth-order valence-corrected chi connectivity index (χ4v) is 3.40. The van der Waals surface area contributed by atoms with E-state index in [1.165, 1.54) is 16.7 Å². The van der Waals surface area contributed by atoms with Crippen molar-refractivity contribution in [1.29, 1.82) is 0 Å². The van der Waals surface area contributed by atoms with Crippen LogP contribution in [-0.2, 0) is 23.1 Å². The number of nitrogens with zero attached hydrogens (tertiary/aromatic N) is 1. The molecule has 2 aromatic carbocycles. The second-order valence-electron chi connectivity index (χ2n) is 8.23.